The molecule has 25 heavy (non-hydrogen) atoms. The summed E-state index contributed by atoms with van der Waals surface area (Å²) in [4.78, 5) is 12.0. The lowest BCUT2D eigenvalue weighted by molar-refractivity contribution is 0.0978. The summed E-state index contributed by atoms with van der Waals surface area (Å²) in [5.41, 5.74) is 1.05. The first-order chi connectivity index (χ1) is 11.7. The molecule has 0 aliphatic heterocycles. The van der Waals surface area contributed by atoms with Crippen LogP contribution in [0.2, 0.25) is 0 Å². The quantitative estimate of drug-likeness (QED) is 0.904. The van der Waals surface area contributed by atoms with Crippen LogP contribution < -0.4 is 4.72 Å². The van der Waals surface area contributed by atoms with Crippen molar-refractivity contribution in [2.45, 2.75) is 45.6 Å². The fourth-order valence-corrected chi connectivity index (χ4v) is 3.92. The van der Waals surface area contributed by atoms with Gasteiger partial charge in [-0.25, -0.2) is 17.5 Å². The third-order valence-corrected chi connectivity index (χ3v) is 5.39. The molecule has 0 saturated heterocycles. The molecular formula is C17H22FN3O3S. The van der Waals surface area contributed by atoms with E-state index in [2.05, 4.69) is 12.0 Å². The Labute approximate surface area is 146 Å². The van der Waals surface area contributed by atoms with Gasteiger partial charge in [-0.2, -0.15) is 5.10 Å². The Morgan fingerprint density at radius 2 is 1.92 bits per heavy atom. The molecule has 3 rings (SSSR count). The Bertz CT molecular complexity index is 928. The van der Waals surface area contributed by atoms with Crippen LogP contribution >= 0.6 is 0 Å². The van der Waals surface area contributed by atoms with Crippen molar-refractivity contribution in [1.82, 2.24) is 14.5 Å². The van der Waals surface area contributed by atoms with Crippen molar-refractivity contribution in [3.63, 3.8) is 0 Å². The monoisotopic (exact) mass is 367 g/mol. The van der Waals surface area contributed by atoms with Crippen molar-refractivity contribution in [3.05, 3.63) is 29.2 Å². The number of sulfonamides is 1. The minimum absolute atomic E-state index is 0.225. The van der Waals surface area contributed by atoms with Crippen molar-refractivity contribution in [2.75, 3.05) is 6.26 Å². The van der Waals surface area contributed by atoms with Crippen LogP contribution in [0.5, 0.6) is 0 Å². The first-order valence-electron chi connectivity index (χ1n) is 8.36. The smallest absolute Gasteiger partial charge is 0.267 e. The molecule has 0 atom stereocenters. The van der Waals surface area contributed by atoms with Crippen molar-refractivity contribution in [1.29, 1.82) is 0 Å². The van der Waals surface area contributed by atoms with E-state index in [1.807, 2.05) is 4.68 Å². The largest absolute Gasteiger partial charge is 0.268 e. The second-order valence-corrected chi connectivity index (χ2v) is 8.74. The number of rotatable bonds is 3. The highest BCUT2D eigenvalue weighted by atomic mass is 32.2. The number of carbonyl (C=O) groups excluding carboxylic acids is 1. The number of benzene rings is 1. The normalized spacial score (nSPS) is 21.4. The van der Waals surface area contributed by atoms with Crippen LogP contribution in [-0.4, -0.2) is 30.4 Å². The molecule has 0 radical (unpaired) electrons. The molecule has 1 heterocycles. The Kier molecular flexibility index (Phi) is 4.57. The molecule has 1 N–H and O–H groups in total. The van der Waals surface area contributed by atoms with Crippen LogP contribution in [0.15, 0.2) is 12.1 Å². The summed E-state index contributed by atoms with van der Waals surface area (Å²) in [5, 5.41) is 5.22. The summed E-state index contributed by atoms with van der Waals surface area (Å²) in [5.74, 6) is -1.03. The third-order valence-electron chi connectivity index (χ3n) is 4.83. The second kappa shape index (κ2) is 6.40. The van der Waals surface area contributed by atoms with Gasteiger partial charge in [0.25, 0.3) is 5.91 Å². The number of amides is 1. The number of hydrogen-bond acceptors (Lipinski definition) is 4. The molecule has 1 aliphatic carbocycles. The number of hydrogen-bond donors (Lipinski definition) is 1. The highest BCUT2D eigenvalue weighted by Crippen LogP contribution is 2.34. The van der Waals surface area contributed by atoms with Gasteiger partial charge in [-0.3, -0.25) is 9.48 Å². The van der Waals surface area contributed by atoms with E-state index >= 15 is 0 Å². The zero-order chi connectivity index (χ0) is 18.4. The summed E-state index contributed by atoms with van der Waals surface area (Å²) < 4.78 is 40.6. The molecule has 136 valence electrons. The van der Waals surface area contributed by atoms with Crippen LogP contribution in [0.1, 0.15) is 54.7 Å². The molecule has 0 bridgehead atoms. The van der Waals surface area contributed by atoms with E-state index in [0.717, 1.165) is 31.9 Å². The minimum atomic E-state index is -3.76. The van der Waals surface area contributed by atoms with Gasteiger partial charge in [-0.05, 0) is 44.6 Å². The average molecular weight is 367 g/mol. The first kappa shape index (κ1) is 17.8. The van der Waals surface area contributed by atoms with Gasteiger partial charge in [-0.15, -0.1) is 0 Å². The van der Waals surface area contributed by atoms with Crippen LogP contribution in [0.3, 0.4) is 0 Å². The predicted octanol–water partition coefficient (Wildman–Crippen LogP) is 2.92. The molecule has 0 spiro atoms. The molecule has 1 fully saturated rings. The second-order valence-electron chi connectivity index (χ2n) is 7.00. The van der Waals surface area contributed by atoms with Crippen molar-refractivity contribution in [3.8, 4) is 0 Å². The van der Waals surface area contributed by atoms with E-state index in [-0.39, 0.29) is 11.6 Å². The zero-order valence-corrected chi connectivity index (χ0v) is 15.4. The maximum Gasteiger partial charge on any atom is 0.267 e. The number of aromatic nitrogens is 2. The van der Waals surface area contributed by atoms with Gasteiger partial charge in [0.05, 0.1) is 29.1 Å². The van der Waals surface area contributed by atoms with Gasteiger partial charge < -0.3 is 0 Å². The minimum Gasteiger partial charge on any atom is -0.268 e. The third kappa shape index (κ3) is 3.68. The molecule has 8 heteroatoms. The van der Waals surface area contributed by atoms with E-state index in [0.29, 0.717) is 22.5 Å². The van der Waals surface area contributed by atoms with Gasteiger partial charge in [-0.1, -0.05) is 6.92 Å². The summed E-state index contributed by atoms with van der Waals surface area (Å²) in [7, 11) is -3.76. The van der Waals surface area contributed by atoms with Crippen molar-refractivity contribution < 1.29 is 17.6 Å². The molecule has 1 amide bonds. The standard InChI is InChI=1S/C17H22FN3O3S/c1-10-4-6-12(7-5-10)21-16-9-15(18)14(8-13(16)11(2)19-21)17(22)20-25(3,23)24/h8-10,12H,4-7H2,1-3H3,(H,20,22). The molecule has 2 aromatic rings. The molecule has 1 aromatic carbocycles. The van der Waals surface area contributed by atoms with Gasteiger partial charge in [0, 0.05) is 11.5 Å². The number of nitrogens with one attached hydrogen (secondary N) is 1. The Morgan fingerprint density at radius 1 is 1.28 bits per heavy atom. The van der Waals surface area contributed by atoms with Gasteiger partial charge in [0.1, 0.15) is 5.82 Å². The summed E-state index contributed by atoms with van der Waals surface area (Å²) in [6, 6.07) is 2.89. The van der Waals surface area contributed by atoms with Crippen molar-refractivity contribution >= 4 is 26.8 Å². The van der Waals surface area contributed by atoms with Gasteiger partial charge in [0.15, 0.2) is 0 Å². The van der Waals surface area contributed by atoms with Crippen LogP contribution in [-0.2, 0) is 10.0 Å². The lowest BCUT2D eigenvalue weighted by atomic mass is 9.87. The number of aryl methyl sites for hydroxylation is 1. The Morgan fingerprint density at radius 3 is 2.52 bits per heavy atom. The van der Waals surface area contributed by atoms with Crippen LogP contribution in [0.4, 0.5) is 4.39 Å². The lowest BCUT2D eigenvalue weighted by Gasteiger charge is -2.27. The molecule has 0 unspecified atom stereocenters. The molecular weight excluding hydrogens is 345 g/mol. The Hall–Kier alpha value is -1.96. The highest BCUT2D eigenvalue weighted by Gasteiger charge is 2.24. The summed E-state index contributed by atoms with van der Waals surface area (Å²) in [6.45, 7) is 4.04. The van der Waals surface area contributed by atoms with Crippen molar-refractivity contribution in [2.24, 2.45) is 5.92 Å². The van der Waals surface area contributed by atoms with Gasteiger partial charge >= 0.3 is 0 Å². The topological polar surface area (TPSA) is 81.1 Å². The number of nitrogens with zero attached hydrogens (tertiary/aromatic N) is 2. The molecule has 1 saturated carbocycles. The molecule has 1 aromatic heterocycles. The number of halogens is 1. The Balaban J connectivity index is 2.02. The number of fused-ring (bicyclic) bond motifs is 1. The fourth-order valence-electron chi connectivity index (χ4n) is 3.47. The van der Waals surface area contributed by atoms with E-state index in [9.17, 15) is 17.6 Å². The SMILES string of the molecule is Cc1nn(C2CCC(C)CC2)c2cc(F)c(C(=O)NS(C)(=O)=O)cc12. The predicted molar refractivity (Wildman–Crippen MR) is 93.4 cm³/mol. The van der Waals surface area contributed by atoms with E-state index < -0.39 is 21.7 Å². The average Bonchev–Trinajstić information content (AvgIpc) is 2.82. The highest BCUT2D eigenvalue weighted by molar-refractivity contribution is 7.89. The summed E-state index contributed by atoms with van der Waals surface area (Å²) in [6.07, 6.45) is 5.07. The number of carbonyl (C=O) groups is 1. The van der Waals surface area contributed by atoms with Crippen LogP contribution in [0, 0.1) is 18.7 Å². The fraction of sp³-hybridized carbons (Fsp3) is 0.529. The maximum absolute atomic E-state index is 14.5. The van der Waals surface area contributed by atoms with Crippen LogP contribution in [0.25, 0.3) is 10.9 Å². The maximum atomic E-state index is 14.5. The van der Waals surface area contributed by atoms with E-state index in [4.69, 9.17) is 0 Å². The first-order valence-corrected chi connectivity index (χ1v) is 10.3. The van der Waals surface area contributed by atoms with E-state index in [1.54, 1.807) is 11.6 Å². The molecule has 1 aliphatic rings. The zero-order valence-electron chi connectivity index (χ0n) is 14.5. The summed E-state index contributed by atoms with van der Waals surface area (Å²) >= 11 is 0. The van der Waals surface area contributed by atoms with Gasteiger partial charge in [0.2, 0.25) is 10.0 Å². The molecule has 6 nitrogen and oxygen atoms in total. The van der Waals surface area contributed by atoms with E-state index in [1.165, 1.54) is 12.1 Å². The lowest BCUT2D eigenvalue weighted by Crippen LogP contribution is -2.30.